The Hall–Kier alpha value is -1.79. The molecule has 1 N–H and O–H groups in total. The van der Waals surface area contributed by atoms with Gasteiger partial charge in [0.25, 0.3) is 5.92 Å². The fraction of sp³-hybridized carbons (Fsp3) is 0.500. The average molecular weight is 336 g/mol. The zero-order valence-corrected chi connectivity index (χ0v) is 13.4. The second-order valence-electron chi connectivity index (χ2n) is 6.51. The normalized spacial score (nSPS) is 27.7. The van der Waals surface area contributed by atoms with Crippen molar-refractivity contribution in [2.45, 2.75) is 30.9 Å². The highest BCUT2D eigenvalue weighted by atomic mass is 19.3. The summed E-state index contributed by atoms with van der Waals surface area (Å²) in [6.07, 6.45) is 2.18. The van der Waals surface area contributed by atoms with Gasteiger partial charge in [0.2, 0.25) is 5.91 Å². The quantitative estimate of drug-likeness (QED) is 0.859. The molecule has 1 aromatic carbocycles. The summed E-state index contributed by atoms with van der Waals surface area (Å²) in [6.45, 7) is 1.15. The van der Waals surface area contributed by atoms with Crippen LogP contribution in [0.1, 0.15) is 18.4 Å². The van der Waals surface area contributed by atoms with Crippen molar-refractivity contribution >= 4 is 12.0 Å². The summed E-state index contributed by atoms with van der Waals surface area (Å²) in [5, 5.41) is 10.2. The highest BCUT2D eigenvalue weighted by molar-refractivity contribution is 5.92. The van der Waals surface area contributed by atoms with Crippen LogP contribution in [0.5, 0.6) is 0 Å². The summed E-state index contributed by atoms with van der Waals surface area (Å²) >= 11 is 0. The Morgan fingerprint density at radius 3 is 2.50 bits per heavy atom. The lowest BCUT2D eigenvalue weighted by molar-refractivity contribution is -0.125. The van der Waals surface area contributed by atoms with Crippen molar-refractivity contribution in [2.75, 3.05) is 26.2 Å². The van der Waals surface area contributed by atoms with E-state index in [1.54, 1.807) is 11.0 Å². The van der Waals surface area contributed by atoms with Crippen molar-refractivity contribution in [1.82, 2.24) is 9.80 Å². The van der Waals surface area contributed by atoms with E-state index in [1.165, 1.54) is 6.08 Å². The number of benzene rings is 1. The molecular weight excluding hydrogens is 314 g/mol. The zero-order chi connectivity index (χ0) is 17.2. The number of alkyl halides is 2. The zero-order valence-electron chi connectivity index (χ0n) is 13.4. The molecule has 1 amide bonds. The van der Waals surface area contributed by atoms with E-state index in [0.717, 1.165) is 5.56 Å². The fourth-order valence-electron chi connectivity index (χ4n) is 3.33. The first-order valence-electron chi connectivity index (χ1n) is 8.27. The molecule has 0 aromatic heterocycles. The van der Waals surface area contributed by atoms with Crippen molar-refractivity contribution in [3.05, 3.63) is 42.0 Å². The molecule has 2 atom stereocenters. The average Bonchev–Trinajstić information content (AvgIpc) is 2.95. The molecule has 24 heavy (non-hydrogen) atoms. The maximum Gasteiger partial charge on any atom is 0.250 e. The molecular formula is C18H22F2N2O2. The van der Waals surface area contributed by atoms with Crippen molar-refractivity contribution in [3.8, 4) is 0 Å². The van der Waals surface area contributed by atoms with Crippen LogP contribution in [0.3, 0.4) is 0 Å². The molecule has 2 aliphatic heterocycles. The van der Waals surface area contributed by atoms with E-state index >= 15 is 0 Å². The number of β-amino-alcohol motifs (C(OH)–C–C–N with tert-alkyl or cyclic N) is 1. The summed E-state index contributed by atoms with van der Waals surface area (Å²) < 4.78 is 26.5. The molecule has 0 radical (unpaired) electrons. The molecule has 4 nitrogen and oxygen atoms in total. The first-order valence-corrected chi connectivity index (χ1v) is 8.27. The lowest BCUT2D eigenvalue weighted by atomic mass is 10.0. The molecule has 130 valence electrons. The Morgan fingerprint density at radius 1 is 1.17 bits per heavy atom. The Labute approximate surface area is 140 Å². The Bertz CT molecular complexity index is 596. The van der Waals surface area contributed by atoms with Crippen LogP contribution in [-0.4, -0.2) is 65.1 Å². The number of hydrogen-bond acceptors (Lipinski definition) is 3. The molecule has 2 fully saturated rings. The highest BCUT2D eigenvalue weighted by Gasteiger charge is 2.42. The Kier molecular flexibility index (Phi) is 4.96. The maximum absolute atomic E-state index is 13.3. The molecule has 0 spiro atoms. The minimum atomic E-state index is -2.60. The number of aliphatic hydroxyl groups is 1. The molecule has 2 aliphatic rings. The van der Waals surface area contributed by atoms with Gasteiger partial charge in [-0.1, -0.05) is 30.3 Å². The van der Waals surface area contributed by atoms with Gasteiger partial charge >= 0.3 is 0 Å². The molecule has 6 heteroatoms. The number of aliphatic hydroxyl groups excluding tert-OH is 1. The Morgan fingerprint density at radius 2 is 1.83 bits per heavy atom. The fourth-order valence-corrected chi connectivity index (χ4v) is 3.33. The summed E-state index contributed by atoms with van der Waals surface area (Å²) in [7, 11) is 0. The maximum atomic E-state index is 13.3. The number of nitrogens with zero attached hydrogens (tertiary/aromatic N) is 2. The molecule has 0 aliphatic carbocycles. The number of hydrogen-bond donors (Lipinski definition) is 1. The van der Waals surface area contributed by atoms with Crippen LogP contribution in [-0.2, 0) is 4.79 Å². The molecule has 0 bridgehead atoms. The number of carbonyl (C=O) groups excluding carboxylic acids is 1. The number of amides is 1. The first-order chi connectivity index (χ1) is 11.4. The first kappa shape index (κ1) is 17.0. The van der Waals surface area contributed by atoms with Crippen molar-refractivity contribution in [2.24, 2.45) is 0 Å². The van der Waals surface area contributed by atoms with E-state index in [-0.39, 0.29) is 44.4 Å². The third-order valence-electron chi connectivity index (χ3n) is 4.79. The van der Waals surface area contributed by atoms with Crippen molar-refractivity contribution < 1.29 is 18.7 Å². The van der Waals surface area contributed by atoms with E-state index < -0.39 is 12.0 Å². The lowest BCUT2D eigenvalue weighted by Crippen LogP contribution is -2.49. The SMILES string of the molecule is O=C(/C=C/c1ccccc1)N1C[C@@H](O)[C@H](N2CCC(F)(F)CC2)C1. The largest absolute Gasteiger partial charge is 0.390 e. The van der Waals surface area contributed by atoms with Gasteiger partial charge in [-0.25, -0.2) is 8.78 Å². The topological polar surface area (TPSA) is 43.8 Å². The van der Waals surface area contributed by atoms with Crippen LogP contribution in [0.15, 0.2) is 36.4 Å². The van der Waals surface area contributed by atoms with Crippen molar-refractivity contribution in [1.29, 1.82) is 0 Å². The molecule has 3 rings (SSSR count). The molecule has 2 saturated heterocycles. The summed E-state index contributed by atoms with van der Waals surface area (Å²) in [5.74, 6) is -2.77. The monoisotopic (exact) mass is 336 g/mol. The van der Waals surface area contributed by atoms with E-state index in [2.05, 4.69) is 0 Å². The van der Waals surface area contributed by atoms with E-state index in [9.17, 15) is 18.7 Å². The van der Waals surface area contributed by atoms with Gasteiger partial charge in [-0.15, -0.1) is 0 Å². The van der Waals surface area contributed by atoms with Gasteiger partial charge in [0, 0.05) is 45.1 Å². The van der Waals surface area contributed by atoms with Crippen LogP contribution < -0.4 is 0 Å². The number of halogens is 2. The van der Waals surface area contributed by atoms with E-state index in [0.29, 0.717) is 6.54 Å². The van der Waals surface area contributed by atoms with Gasteiger partial charge in [-0.3, -0.25) is 9.69 Å². The third kappa shape index (κ3) is 3.99. The van der Waals surface area contributed by atoms with Crippen LogP contribution in [0, 0.1) is 0 Å². The van der Waals surface area contributed by atoms with Gasteiger partial charge in [-0.05, 0) is 11.6 Å². The minimum Gasteiger partial charge on any atom is -0.390 e. The number of rotatable bonds is 3. The van der Waals surface area contributed by atoms with Crippen LogP contribution in [0.25, 0.3) is 6.08 Å². The van der Waals surface area contributed by atoms with Crippen molar-refractivity contribution in [3.63, 3.8) is 0 Å². The van der Waals surface area contributed by atoms with Gasteiger partial charge in [0.1, 0.15) is 0 Å². The predicted molar refractivity (Wildman–Crippen MR) is 87.6 cm³/mol. The molecule has 0 saturated carbocycles. The standard InChI is InChI=1S/C18H22F2N2O2/c19-18(20)8-10-21(11-9-18)15-12-22(13-16(15)23)17(24)7-6-14-4-2-1-3-5-14/h1-7,15-16,23H,8-13H2/b7-6+/t15-,16-/m1/s1. The molecule has 1 aromatic rings. The van der Waals surface area contributed by atoms with Gasteiger partial charge < -0.3 is 10.0 Å². The number of piperidine rings is 1. The van der Waals surface area contributed by atoms with Crippen LogP contribution in [0.4, 0.5) is 8.78 Å². The van der Waals surface area contributed by atoms with E-state index in [4.69, 9.17) is 0 Å². The van der Waals surface area contributed by atoms with Crippen LogP contribution >= 0.6 is 0 Å². The predicted octanol–water partition coefficient (Wildman–Crippen LogP) is 2.00. The molecule has 2 heterocycles. The lowest BCUT2D eigenvalue weighted by Gasteiger charge is -2.36. The van der Waals surface area contributed by atoms with Gasteiger partial charge in [0.05, 0.1) is 12.1 Å². The second-order valence-corrected chi connectivity index (χ2v) is 6.51. The molecule has 0 unspecified atom stereocenters. The summed E-state index contributed by atoms with van der Waals surface area (Å²) in [4.78, 5) is 15.8. The smallest absolute Gasteiger partial charge is 0.250 e. The Balaban J connectivity index is 1.57. The highest BCUT2D eigenvalue weighted by Crippen LogP contribution is 2.30. The summed E-state index contributed by atoms with van der Waals surface area (Å²) in [6, 6.07) is 9.24. The minimum absolute atomic E-state index is 0.164. The third-order valence-corrected chi connectivity index (χ3v) is 4.79. The van der Waals surface area contributed by atoms with Crippen LogP contribution in [0.2, 0.25) is 0 Å². The number of carbonyl (C=O) groups is 1. The van der Waals surface area contributed by atoms with Gasteiger partial charge in [0.15, 0.2) is 0 Å². The van der Waals surface area contributed by atoms with E-state index in [1.807, 2.05) is 35.2 Å². The number of likely N-dealkylation sites (tertiary alicyclic amines) is 2. The van der Waals surface area contributed by atoms with Gasteiger partial charge in [-0.2, -0.15) is 0 Å². The second kappa shape index (κ2) is 6.99. The summed E-state index contributed by atoms with van der Waals surface area (Å²) in [5.41, 5.74) is 0.931.